The molecular formula is C29H39BrN4O5. The highest BCUT2D eigenvalue weighted by molar-refractivity contribution is 9.10. The van der Waals surface area contributed by atoms with E-state index in [0.717, 1.165) is 15.6 Å². The molecule has 212 valence electrons. The molecule has 0 fully saturated rings. The minimum absolute atomic E-state index is 0.201. The second kappa shape index (κ2) is 14.7. The van der Waals surface area contributed by atoms with Crippen LogP contribution in [0.5, 0.6) is 0 Å². The van der Waals surface area contributed by atoms with Gasteiger partial charge in [-0.3, -0.25) is 14.4 Å². The molecule has 3 atom stereocenters. The molecule has 0 saturated carbocycles. The molecule has 2 aromatic rings. The van der Waals surface area contributed by atoms with Gasteiger partial charge in [0.1, 0.15) is 23.7 Å². The van der Waals surface area contributed by atoms with Crippen LogP contribution in [0.2, 0.25) is 0 Å². The molecule has 0 saturated heterocycles. The van der Waals surface area contributed by atoms with Gasteiger partial charge in [0.2, 0.25) is 17.7 Å². The van der Waals surface area contributed by atoms with Crippen LogP contribution in [-0.4, -0.2) is 47.5 Å². The number of nitrogens with one attached hydrogen (secondary N) is 4. The van der Waals surface area contributed by atoms with Gasteiger partial charge in [0.25, 0.3) is 0 Å². The monoisotopic (exact) mass is 602 g/mol. The van der Waals surface area contributed by atoms with E-state index in [-0.39, 0.29) is 18.2 Å². The van der Waals surface area contributed by atoms with Crippen molar-refractivity contribution < 1.29 is 23.9 Å². The first-order valence-electron chi connectivity index (χ1n) is 12.9. The van der Waals surface area contributed by atoms with Crippen molar-refractivity contribution in [1.29, 1.82) is 0 Å². The van der Waals surface area contributed by atoms with E-state index in [4.69, 9.17) is 4.74 Å². The van der Waals surface area contributed by atoms with E-state index in [1.807, 2.05) is 54.6 Å². The summed E-state index contributed by atoms with van der Waals surface area (Å²) in [6.45, 7) is 10.7. The van der Waals surface area contributed by atoms with Gasteiger partial charge in [-0.15, -0.1) is 0 Å². The van der Waals surface area contributed by atoms with E-state index >= 15 is 0 Å². The molecule has 0 aliphatic carbocycles. The quantitative estimate of drug-likeness (QED) is 0.311. The van der Waals surface area contributed by atoms with Crippen molar-refractivity contribution in [3.8, 4) is 0 Å². The van der Waals surface area contributed by atoms with Crippen molar-refractivity contribution in [2.24, 2.45) is 5.92 Å². The molecule has 4 amide bonds. The molecule has 9 nitrogen and oxygen atoms in total. The fourth-order valence-electron chi connectivity index (χ4n) is 3.66. The minimum Gasteiger partial charge on any atom is -0.444 e. The fraction of sp³-hybridized carbons (Fsp3) is 0.448. The Morgan fingerprint density at radius 2 is 1.46 bits per heavy atom. The summed E-state index contributed by atoms with van der Waals surface area (Å²) in [6, 6.07) is 14.0. The Bertz CT molecular complexity index is 1130. The first kappa shape index (κ1) is 31.8. The van der Waals surface area contributed by atoms with Gasteiger partial charge >= 0.3 is 6.09 Å². The van der Waals surface area contributed by atoms with Gasteiger partial charge in [0.15, 0.2) is 0 Å². The topological polar surface area (TPSA) is 126 Å². The van der Waals surface area contributed by atoms with Gasteiger partial charge < -0.3 is 26.0 Å². The van der Waals surface area contributed by atoms with E-state index in [9.17, 15) is 19.2 Å². The minimum atomic E-state index is -0.984. The average molecular weight is 604 g/mol. The number of halogens is 1. The number of hydrogen-bond acceptors (Lipinski definition) is 5. The van der Waals surface area contributed by atoms with Crippen LogP contribution in [0.4, 0.5) is 4.79 Å². The first-order chi connectivity index (χ1) is 18.2. The largest absolute Gasteiger partial charge is 0.444 e. The Morgan fingerprint density at radius 3 is 2.05 bits per heavy atom. The lowest BCUT2D eigenvalue weighted by molar-refractivity contribution is -0.133. The summed E-state index contributed by atoms with van der Waals surface area (Å²) in [5.74, 6) is -1.68. The number of hydrogen-bond donors (Lipinski definition) is 4. The first-order valence-corrected chi connectivity index (χ1v) is 13.7. The van der Waals surface area contributed by atoms with Gasteiger partial charge in [-0.05, 0) is 56.9 Å². The maximum atomic E-state index is 13.3. The number of ether oxygens (including phenoxy) is 1. The average Bonchev–Trinajstić information content (AvgIpc) is 2.84. The zero-order valence-corrected chi connectivity index (χ0v) is 24.9. The Morgan fingerprint density at radius 1 is 0.821 bits per heavy atom. The third-order valence-corrected chi connectivity index (χ3v) is 6.14. The number of carbonyl (C=O) groups excluding carboxylic acids is 4. The second-order valence-electron chi connectivity index (χ2n) is 10.7. The van der Waals surface area contributed by atoms with E-state index in [0.29, 0.717) is 6.54 Å². The zero-order chi connectivity index (χ0) is 29.2. The molecule has 4 N–H and O–H groups in total. The Hall–Kier alpha value is -3.40. The Labute approximate surface area is 239 Å². The summed E-state index contributed by atoms with van der Waals surface area (Å²) >= 11 is 3.40. The van der Waals surface area contributed by atoms with E-state index < -0.39 is 41.6 Å². The maximum Gasteiger partial charge on any atom is 0.408 e. The van der Waals surface area contributed by atoms with Crippen LogP contribution in [0.3, 0.4) is 0 Å². The summed E-state index contributed by atoms with van der Waals surface area (Å²) in [7, 11) is 0. The highest BCUT2D eigenvalue weighted by atomic mass is 79.9. The molecular weight excluding hydrogens is 564 g/mol. The molecule has 0 aromatic heterocycles. The molecule has 0 heterocycles. The third-order valence-electron chi connectivity index (χ3n) is 5.64. The lowest BCUT2D eigenvalue weighted by Crippen LogP contribution is -2.58. The van der Waals surface area contributed by atoms with Crippen LogP contribution in [0.25, 0.3) is 0 Å². The Kier molecular flexibility index (Phi) is 12.0. The van der Waals surface area contributed by atoms with Crippen molar-refractivity contribution in [1.82, 2.24) is 21.3 Å². The SMILES string of the molecule is CC(C)[C@H](NC(=O)[C@H](Cc1ccccc1)NC(=O)OC(C)(C)C)C(=O)N[C@@H](C)C(=O)NCc1cccc(Br)c1. The number of amides is 4. The summed E-state index contributed by atoms with van der Waals surface area (Å²) < 4.78 is 6.24. The molecule has 0 aliphatic heterocycles. The smallest absolute Gasteiger partial charge is 0.408 e. The number of alkyl carbamates (subject to hydrolysis) is 1. The van der Waals surface area contributed by atoms with Gasteiger partial charge in [-0.25, -0.2) is 4.79 Å². The third kappa shape index (κ3) is 11.5. The molecule has 2 aromatic carbocycles. The van der Waals surface area contributed by atoms with Gasteiger partial charge in [0.05, 0.1) is 0 Å². The van der Waals surface area contributed by atoms with Crippen LogP contribution in [0.1, 0.15) is 52.7 Å². The van der Waals surface area contributed by atoms with Crippen LogP contribution >= 0.6 is 15.9 Å². The summed E-state index contributed by atoms with van der Waals surface area (Å²) in [6.07, 6.45) is -0.535. The van der Waals surface area contributed by atoms with E-state index in [1.165, 1.54) is 0 Å². The Balaban J connectivity index is 2.06. The van der Waals surface area contributed by atoms with Crippen LogP contribution < -0.4 is 21.3 Å². The lowest BCUT2D eigenvalue weighted by atomic mass is 10.0. The molecule has 2 rings (SSSR count). The van der Waals surface area contributed by atoms with Crippen molar-refractivity contribution in [2.45, 2.75) is 78.2 Å². The molecule has 39 heavy (non-hydrogen) atoms. The zero-order valence-electron chi connectivity index (χ0n) is 23.3. The van der Waals surface area contributed by atoms with Crippen molar-refractivity contribution in [3.05, 3.63) is 70.2 Å². The van der Waals surface area contributed by atoms with Crippen molar-refractivity contribution in [2.75, 3.05) is 0 Å². The van der Waals surface area contributed by atoms with E-state index in [1.54, 1.807) is 41.5 Å². The number of benzene rings is 2. The van der Waals surface area contributed by atoms with Crippen LogP contribution in [-0.2, 0) is 32.1 Å². The standard InChI is InChI=1S/C29H39BrN4O5/c1-18(2)24(27(37)32-19(3)25(35)31-17-21-13-10-14-22(30)15-21)34-26(36)23(16-20-11-8-7-9-12-20)33-28(38)39-29(4,5)6/h7-15,18-19,23-24H,16-17H2,1-6H3,(H,31,35)(H,32,37)(H,33,38)(H,34,36)/t19-,23-,24-/m0/s1. The van der Waals surface area contributed by atoms with Crippen molar-refractivity contribution >= 4 is 39.7 Å². The second-order valence-corrected chi connectivity index (χ2v) is 11.6. The van der Waals surface area contributed by atoms with E-state index in [2.05, 4.69) is 37.2 Å². The van der Waals surface area contributed by atoms with Gasteiger partial charge in [-0.2, -0.15) is 0 Å². The molecule has 10 heteroatoms. The predicted molar refractivity (Wildman–Crippen MR) is 154 cm³/mol. The van der Waals surface area contributed by atoms with Crippen LogP contribution in [0, 0.1) is 5.92 Å². The van der Waals surface area contributed by atoms with Gasteiger partial charge in [-0.1, -0.05) is 72.2 Å². The predicted octanol–water partition coefficient (Wildman–Crippen LogP) is 3.85. The molecule has 0 unspecified atom stereocenters. The van der Waals surface area contributed by atoms with Gasteiger partial charge in [0, 0.05) is 17.4 Å². The summed E-state index contributed by atoms with van der Waals surface area (Å²) in [4.78, 5) is 51.5. The summed E-state index contributed by atoms with van der Waals surface area (Å²) in [5.41, 5.74) is 0.992. The summed E-state index contributed by atoms with van der Waals surface area (Å²) in [5, 5.41) is 10.9. The number of rotatable bonds is 11. The molecule has 0 spiro atoms. The van der Waals surface area contributed by atoms with Crippen LogP contribution in [0.15, 0.2) is 59.1 Å². The molecule has 0 radical (unpaired) electrons. The molecule has 0 bridgehead atoms. The highest BCUT2D eigenvalue weighted by Gasteiger charge is 2.31. The lowest BCUT2D eigenvalue weighted by Gasteiger charge is -2.27. The normalized spacial score (nSPS) is 13.5. The molecule has 0 aliphatic rings. The fourth-order valence-corrected chi connectivity index (χ4v) is 4.10. The number of carbonyl (C=O) groups is 4. The van der Waals surface area contributed by atoms with Crippen molar-refractivity contribution in [3.63, 3.8) is 0 Å². The highest BCUT2D eigenvalue weighted by Crippen LogP contribution is 2.12. The maximum absolute atomic E-state index is 13.3.